The van der Waals surface area contributed by atoms with Crippen LogP contribution >= 0.6 is 11.6 Å². The number of methoxy groups -OCH3 is 2. The summed E-state index contributed by atoms with van der Waals surface area (Å²) in [6, 6.07) is 8.18. The number of carbonyl (C=O) groups excluding carboxylic acids is 1. The van der Waals surface area contributed by atoms with E-state index in [1.165, 1.54) is 32.7 Å². The minimum atomic E-state index is -0.765. The number of hydrogen-bond donors (Lipinski definition) is 0. The van der Waals surface area contributed by atoms with Crippen LogP contribution in [-0.4, -0.2) is 71.1 Å². The summed E-state index contributed by atoms with van der Waals surface area (Å²) < 4.78 is 38.7. The average Bonchev–Trinajstić information content (AvgIpc) is 2.96. The summed E-state index contributed by atoms with van der Waals surface area (Å²) in [6.45, 7) is 1.77. The first kappa shape index (κ1) is 26.2. The number of piperazine rings is 1. The summed E-state index contributed by atoms with van der Waals surface area (Å²) in [5, 5.41) is 0.310. The second kappa shape index (κ2) is 11.2. The fourth-order valence-corrected chi connectivity index (χ4v) is 4.54. The first-order valence-corrected chi connectivity index (χ1v) is 12.3. The Balaban J connectivity index is 1.42. The lowest BCUT2D eigenvalue weighted by molar-refractivity contribution is 0.0742. The summed E-state index contributed by atoms with van der Waals surface area (Å²) >= 11 is 6.41. The molecule has 0 spiro atoms. The third kappa shape index (κ3) is 5.30. The number of rotatable bonds is 6. The van der Waals surface area contributed by atoms with E-state index in [-0.39, 0.29) is 23.0 Å². The van der Waals surface area contributed by atoms with Crippen LogP contribution in [-0.2, 0) is 0 Å². The molecule has 200 valence electrons. The zero-order chi connectivity index (χ0) is 27.5. The highest BCUT2D eigenvalue weighted by atomic mass is 35.5. The topological polar surface area (TPSA) is 93.6 Å². The molecule has 1 saturated heterocycles. The maximum absolute atomic E-state index is 14.7. The molecule has 39 heavy (non-hydrogen) atoms. The number of pyridine rings is 2. The number of anilines is 1. The molecule has 1 fully saturated rings. The molecule has 1 aliphatic rings. The Morgan fingerprint density at radius 3 is 2.41 bits per heavy atom. The van der Waals surface area contributed by atoms with E-state index in [0.29, 0.717) is 59.7 Å². The molecule has 4 heterocycles. The maximum atomic E-state index is 14.7. The van der Waals surface area contributed by atoms with Crippen molar-refractivity contribution in [2.24, 2.45) is 0 Å². The molecule has 0 bridgehead atoms. The summed E-state index contributed by atoms with van der Waals surface area (Å²) in [6.07, 6.45) is 4.54. The zero-order valence-corrected chi connectivity index (χ0v) is 21.8. The fourth-order valence-electron chi connectivity index (χ4n) is 4.33. The molecule has 5 rings (SSSR count). The first-order valence-electron chi connectivity index (χ1n) is 11.9. The molecule has 0 N–H and O–H groups in total. The number of benzene rings is 1. The lowest BCUT2D eigenvalue weighted by Crippen LogP contribution is -2.49. The molecule has 4 aromatic rings. The van der Waals surface area contributed by atoms with E-state index in [1.54, 1.807) is 29.3 Å². The summed E-state index contributed by atoms with van der Waals surface area (Å²) in [4.78, 5) is 34.4. The molecule has 0 aliphatic carbocycles. The van der Waals surface area contributed by atoms with Gasteiger partial charge in [0.2, 0.25) is 11.8 Å². The second-order valence-electron chi connectivity index (χ2n) is 8.59. The Bertz CT molecular complexity index is 1530. The van der Waals surface area contributed by atoms with Gasteiger partial charge in [0.05, 0.1) is 31.1 Å². The van der Waals surface area contributed by atoms with Crippen LogP contribution in [0.3, 0.4) is 0 Å². The minimum absolute atomic E-state index is 0.0933. The van der Waals surface area contributed by atoms with Gasteiger partial charge in [-0.1, -0.05) is 11.6 Å². The molecule has 0 atom stereocenters. The van der Waals surface area contributed by atoms with E-state index in [1.807, 2.05) is 4.90 Å². The van der Waals surface area contributed by atoms with Gasteiger partial charge in [-0.05, 0) is 24.3 Å². The number of carbonyl (C=O) groups is 1. The van der Waals surface area contributed by atoms with Crippen molar-refractivity contribution < 1.29 is 23.0 Å². The highest BCUT2D eigenvalue weighted by Crippen LogP contribution is 2.35. The SMILES string of the molecule is COc1ccc(C(=O)N2CCN(c3cnc(-c4ccc(F)cc4F)c(-c4ccncc4Cl)n3)CC2)c(OC)n1. The lowest BCUT2D eigenvalue weighted by Gasteiger charge is -2.35. The molecule has 0 radical (unpaired) electrons. The van der Waals surface area contributed by atoms with Gasteiger partial charge in [-0.3, -0.25) is 9.78 Å². The van der Waals surface area contributed by atoms with Crippen LogP contribution in [0.25, 0.3) is 22.5 Å². The fraction of sp³-hybridized carbons (Fsp3) is 0.222. The van der Waals surface area contributed by atoms with Crippen molar-refractivity contribution in [2.75, 3.05) is 45.3 Å². The first-order chi connectivity index (χ1) is 18.9. The van der Waals surface area contributed by atoms with Crippen molar-refractivity contribution in [1.29, 1.82) is 0 Å². The molecular formula is C27H23ClF2N6O3. The van der Waals surface area contributed by atoms with Crippen molar-refractivity contribution in [2.45, 2.75) is 0 Å². The third-order valence-corrected chi connectivity index (χ3v) is 6.63. The van der Waals surface area contributed by atoms with Crippen LogP contribution in [0.5, 0.6) is 11.8 Å². The van der Waals surface area contributed by atoms with Crippen LogP contribution in [0.15, 0.2) is 55.0 Å². The van der Waals surface area contributed by atoms with Crippen molar-refractivity contribution in [3.8, 4) is 34.3 Å². The highest BCUT2D eigenvalue weighted by Gasteiger charge is 2.27. The van der Waals surface area contributed by atoms with Crippen LogP contribution in [0.2, 0.25) is 5.02 Å². The number of halogens is 3. The average molecular weight is 553 g/mol. The van der Waals surface area contributed by atoms with Gasteiger partial charge in [0.15, 0.2) is 0 Å². The van der Waals surface area contributed by atoms with Crippen molar-refractivity contribution in [3.05, 3.63) is 77.2 Å². The Morgan fingerprint density at radius 1 is 0.923 bits per heavy atom. The largest absolute Gasteiger partial charge is 0.481 e. The van der Waals surface area contributed by atoms with E-state index in [2.05, 4.69) is 15.0 Å². The van der Waals surface area contributed by atoms with E-state index in [0.717, 1.165) is 12.1 Å². The maximum Gasteiger partial charge on any atom is 0.259 e. The predicted octanol–water partition coefficient (Wildman–Crippen LogP) is 4.51. The van der Waals surface area contributed by atoms with E-state index in [4.69, 9.17) is 26.1 Å². The quantitative estimate of drug-likeness (QED) is 0.345. The van der Waals surface area contributed by atoms with E-state index < -0.39 is 11.6 Å². The van der Waals surface area contributed by atoms with Crippen molar-refractivity contribution >= 4 is 23.3 Å². The number of hydrogen-bond acceptors (Lipinski definition) is 8. The van der Waals surface area contributed by atoms with Gasteiger partial charge >= 0.3 is 0 Å². The second-order valence-corrected chi connectivity index (χ2v) is 9.00. The number of nitrogens with zero attached hydrogens (tertiary/aromatic N) is 6. The molecule has 1 amide bonds. The summed E-state index contributed by atoms with van der Waals surface area (Å²) in [7, 11) is 2.94. The molecule has 3 aromatic heterocycles. The lowest BCUT2D eigenvalue weighted by atomic mass is 10.0. The summed E-state index contributed by atoms with van der Waals surface area (Å²) in [5.41, 5.74) is 1.49. The predicted molar refractivity (Wildman–Crippen MR) is 141 cm³/mol. The normalized spacial score (nSPS) is 13.4. The van der Waals surface area contributed by atoms with Gasteiger partial charge in [0.25, 0.3) is 5.91 Å². The van der Waals surface area contributed by atoms with Crippen molar-refractivity contribution in [3.63, 3.8) is 0 Å². The molecule has 1 aromatic carbocycles. The number of amides is 1. The molecule has 0 unspecified atom stereocenters. The zero-order valence-electron chi connectivity index (χ0n) is 21.1. The Kier molecular flexibility index (Phi) is 7.51. The number of aromatic nitrogens is 4. The van der Waals surface area contributed by atoms with Gasteiger partial charge in [-0.2, -0.15) is 4.98 Å². The van der Waals surface area contributed by atoms with Gasteiger partial charge in [-0.15, -0.1) is 0 Å². The molecular weight excluding hydrogens is 530 g/mol. The highest BCUT2D eigenvalue weighted by molar-refractivity contribution is 6.33. The van der Waals surface area contributed by atoms with Crippen LogP contribution in [0, 0.1) is 11.6 Å². The van der Waals surface area contributed by atoms with Gasteiger partial charge < -0.3 is 19.3 Å². The Morgan fingerprint density at radius 2 is 1.72 bits per heavy atom. The molecule has 9 nitrogen and oxygen atoms in total. The van der Waals surface area contributed by atoms with Crippen molar-refractivity contribution in [1.82, 2.24) is 24.8 Å². The molecule has 1 aliphatic heterocycles. The Hall–Kier alpha value is -4.38. The van der Waals surface area contributed by atoms with Gasteiger partial charge in [-0.25, -0.2) is 18.7 Å². The third-order valence-electron chi connectivity index (χ3n) is 6.33. The van der Waals surface area contributed by atoms with Crippen LogP contribution in [0.4, 0.5) is 14.6 Å². The van der Waals surface area contributed by atoms with E-state index >= 15 is 0 Å². The monoisotopic (exact) mass is 552 g/mol. The van der Waals surface area contributed by atoms with E-state index in [9.17, 15) is 13.6 Å². The molecule has 0 saturated carbocycles. The minimum Gasteiger partial charge on any atom is -0.481 e. The van der Waals surface area contributed by atoms with Crippen LogP contribution < -0.4 is 14.4 Å². The van der Waals surface area contributed by atoms with Gasteiger partial charge in [0, 0.05) is 61.8 Å². The smallest absolute Gasteiger partial charge is 0.259 e. The van der Waals surface area contributed by atoms with Crippen LogP contribution in [0.1, 0.15) is 10.4 Å². The van der Waals surface area contributed by atoms with Gasteiger partial charge in [0.1, 0.15) is 28.7 Å². The standard InChI is InChI=1S/C27H23ClF2N6O3/c1-38-23-6-5-19(26(34-23)39-2)27(37)36-11-9-35(10-12-36)22-15-32-24(18-4-3-16(29)13-21(18)30)25(33-22)17-7-8-31-14-20(17)28/h3-8,13-15H,9-12H2,1-2H3. The Labute approximate surface area is 228 Å². The molecule has 12 heteroatoms. The summed E-state index contributed by atoms with van der Waals surface area (Å²) in [5.74, 6) is -0.603. The number of ether oxygens (including phenoxy) is 2.